The number of nitro groups is 1. The van der Waals surface area contributed by atoms with Crippen molar-refractivity contribution in [3.05, 3.63) is 33.3 Å². The van der Waals surface area contributed by atoms with Crippen molar-refractivity contribution in [3.8, 4) is 5.75 Å². The van der Waals surface area contributed by atoms with Crippen LogP contribution in [0.3, 0.4) is 0 Å². The Balaban J connectivity index is 0.00000121. The number of hydrogen-bond acceptors (Lipinski definition) is 3. The van der Waals surface area contributed by atoms with Crippen LogP contribution in [0.5, 0.6) is 5.75 Å². The van der Waals surface area contributed by atoms with Crippen molar-refractivity contribution in [1.29, 1.82) is 0 Å². The van der Waals surface area contributed by atoms with Crippen molar-refractivity contribution < 1.29 is 10.0 Å². The molecule has 0 atom stereocenters. The normalized spacial score (nSPS) is 8.75. The maximum absolute atomic E-state index is 10.2. The molecule has 1 N–H and O–H groups in total. The third kappa shape index (κ3) is 2.35. The largest absolute Gasteiger partial charge is 0.506 e. The van der Waals surface area contributed by atoms with Gasteiger partial charge in [-0.2, -0.15) is 0 Å². The number of aromatic hydroxyl groups is 1. The molecule has 0 amide bonds. The van der Waals surface area contributed by atoms with Crippen LogP contribution >= 0.6 is 11.6 Å². The van der Waals surface area contributed by atoms with Crippen LogP contribution in [0.4, 0.5) is 5.69 Å². The number of hydrogen-bond donors (Lipinski definition) is 1. The van der Waals surface area contributed by atoms with Crippen LogP contribution in [0.25, 0.3) is 0 Å². The monoisotopic (exact) mass is 196 g/mol. The summed E-state index contributed by atoms with van der Waals surface area (Å²) in [6, 6.07) is 3.87. The molecule has 6 heteroatoms. The number of rotatable bonds is 1. The van der Waals surface area contributed by atoms with Crippen molar-refractivity contribution in [2.24, 2.45) is 0 Å². The third-order valence-corrected chi connectivity index (χ3v) is 1.54. The molecule has 4 nitrogen and oxygen atoms in total. The smallest absolute Gasteiger partial charge is 0.291 e. The van der Waals surface area contributed by atoms with Gasteiger partial charge in [-0.3, -0.25) is 10.1 Å². The van der Waals surface area contributed by atoms with E-state index >= 15 is 0 Å². The van der Waals surface area contributed by atoms with E-state index < -0.39 is 4.92 Å². The number of phenols is 1. The summed E-state index contributed by atoms with van der Waals surface area (Å²) in [6.45, 7) is 0. The van der Waals surface area contributed by atoms with Crippen molar-refractivity contribution in [3.63, 3.8) is 0 Å². The number of halogens is 1. The Bertz CT molecular complexity index is 305. The predicted molar refractivity (Wildman–Crippen MR) is 45.5 cm³/mol. The van der Waals surface area contributed by atoms with Gasteiger partial charge in [-0.1, -0.05) is 17.7 Å². The van der Waals surface area contributed by atoms with Crippen molar-refractivity contribution in [2.75, 3.05) is 0 Å². The van der Waals surface area contributed by atoms with Crippen LogP contribution < -0.4 is 0 Å². The van der Waals surface area contributed by atoms with Gasteiger partial charge in [0, 0.05) is 35.6 Å². The molecule has 0 bridgehead atoms. The first-order chi connectivity index (χ1) is 5.13. The Morgan fingerprint density at radius 1 is 1.50 bits per heavy atom. The number of nitrogens with zero attached hydrogens (tertiary/aromatic N) is 1. The summed E-state index contributed by atoms with van der Waals surface area (Å²) in [5.74, 6) is -0.277. The maximum Gasteiger partial charge on any atom is 0.291 e. The van der Waals surface area contributed by atoms with E-state index in [4.69, 9.17) is 16.7 Å². The first kappa shape index (κ1) is 11.7. The van der Waals surface area contributed by atoms with Crippen LogP contribution in [0.1, 0.15) is 0 Å². The molecule has 0 fully saturated rings. The molecule has 1 aromatic carbocycles. The van der Waals surface area contributed by atoms with E-state index in [2.05, 4.69) is 0 Å². The van der Waals surface area contributed by atoms with E-state index in [0.29, 0.717) is 0 Å². The van der Waals surface area contributed by atoms with Gasteiger partial charge in [-0.25, -0.2) is 0 Å². The Hall–Kier alpha value is -0.290. The summed E-state index contributed by atoms with van der Waals surface area (Å²) in [5.41, 5.74) is -0.285. The summed E-state index contributed by atoms with van der Waals surface area (Å²) in [4.78, 5) is 9.53. The third-order valence-electron chi connectivity index (χ3n) is 1.15. The molecule has 0 aromatic heterocycles. The summed E-state index contributed by atoms with van der Waals surface area (Å²) >= 11 is 5.40. The zero-order valence-electron chi connectivity index (χ0n) is 6.32. The Morgan fingerprint density at radius 3 is 2.50 bits per heavy atom. The molecule has 1 aromatic rings. The summed E-state index contributed by atoms with van der Waals surface area (Å²) in [7, 11) is 0. The minimum atomic E-state index is -0.651. The van der Waals surface area contributed by atoms with Crippen molar-refractivity contribution >= 4 is 46.8 Å². The van der Waals surface area contributed by atoms with Crippen LogP contribution in [-0.2, 0) is 0 Å². The fourth-order valence-electron chi connectivity index (χ4n) is 0.649. The molecule has 0 unspecified atom stereocenters. The summed E-state index contributed by atoms with van der Waals surface area (Å²) in [6.07, 6.45) is 0. The zero-order chi connectivity index (χ0) is 8.43. The van der Waals surface area contributed by atoms with Gasteiger partial charge in [0.15, 0.2) is 5.02 Å². The van der Waals surface area contributed by atoms with Gasteiger partial charge in [0.2, 0.25) is 0 Å². The van der Waals surface area contributed by atoms with Gasteiger partial charge in [0.25, 0.3) is 5.69 Å². The van der Waals surface area contributed by atoms with Gasteiger partial charge >= 0.3 is 0 Å². The molecular formula is C6H4ClNNaO3. The fraction of sp³-hybridized carbons (Fsp3) is 0. The second-order valence-electron chi connectivity index (χ2n) is 1.87. The minimum absolute atomic E-state index is 0. The molecule has 0 aliphatic rings. The van der Waals surface area contributed by atoms with Gasteiger partial charge in [0.1, 0.15) is 5.75 Å². The molecule has 0 heterocycles. The van der Waals surface area contributed by atoms with Gasteiger partial charge in [-0.15, -0.1) is 0 Å². The molecule has 0 saturated carbocycles. The Kier molecular flexibility index (Phi) is 4.55. The van der Waals surface area contributed by atoms with E-state index in [1.807, 2.05) is 0 Å². The first-order valence-electron chi connectivity index (χ1n) is 2.75. The average Bonchev–Trinajstić information content (AvgIpc) is 1.94. The molecule has 0 spiro atoms. The molecular weight excluding hydrogens is 193 g/mol. The maximum atomic E-state index is 10.2. The SMILES string of the molecule is O=[N+]([O-])c1cccc(O)c1Cl.[Na]. The number of nitro benzene ring substituents is 1. The topological polar surface area (TPSA) is 63.4 Å². The van der Waals surface area contributed by atoms with E-state index in [9.17, 15) is 10.1 Å². The summed E-state index contributed by atoms with van der Waals surface area (Å²) < 4.78 is 0. The van der Waals surface area contributed by atoms with Gasteiger partial charge < -0.3 is 5.11 Å². The van der Waals surface area contributed by atoms with Crippen LogP contribution in [-0.4, -0.2) is 39.6 Å². The number of benzene rings is 1. The molecule has 59 valence electrons. The standard InChI is InChI=1S/C6H4ClNO3.Na/c7-6-4(8(10)11)2-1-3-5(6)9;/h1-3,9H;. The molecule has 1 radical (unpaired) electrons. The number of phenolic OH excluding ortho intramolecular Hbond substituents is 1. The second-order valence-corrected chi connectivity index (χ2v) is 2.25. The van der Waals surface area contributed by atoms with E-state index in [1.165, 1.54) is 18.2 Å². The molecule has 0 aliphatic heterocycles. The van der Waals surface area contributed by atoms with E-state index in [0.717, 1.165) is 0 Å². The quantitative estimate of drug-likeness (QED) is 0.421. The van der Waals surface area contributed by atoms with Crippen molar-refractivity contribution in [2.45, 2.75) is 0 Å². The molecule has 0 saturated heterocycles. The van der Waals surface area contributed by atoms with Crippen LogP contribution in [0.15, 0.2) is 18.2 Å². The molecule has 12 heavy (non-hydrogen) atoms. The molecule has 0 aliphatic carbocycles. The first-order valence-corrected chi connectivity index (χ1v) is 3.12. The van der Waals surface area contributed by atoms with E-state index in [1.54, 1.807) is 0 Å². The zero-order valence-corrected chi connectivity index (χ0v) is 9.08. The van der Waals surface area contributed by atoms with Gasteiger partial charge in [0.05, 0.1) is 4.92 Å². The Morgan fingerprint density at radius 2 is 2.08 bits per heavy atom. The van der Waals surface area contributed by atoms with Crippen molar-refractivity contribution in [1.82, 2.24) is 0 Å². The Labute approximate surface area is 95.6 Å². The van der Waals surface area contributed by atoms with Gasteiger partial charge in [-0.05, 0) is 6.07 Å². The summed E-state index contributed by atoms with van der Waals surface area (Å²) in [5, 5.41) is 18.9. The van der Waals surface area contributed by atoms with Crippen LogP contribution in [0, 0.1) is 10.1 Å². The van der Waals surface area contributed by atoms with E-state index in [-0.39, 0.29) is 46.0 Å². The van der Waals surface area contributed by atoms with Crippen LogP contribution in [0.2, 0.25) is 5.02 Å². The predicted octanol–water partition coefficient (Wildman–Crippen LogP) is 1.57. The average molecular weight is 197 g/mol. The fourth-order valence-corrected chi connectivity index (χ4v) is 0.844. The molecule has 1 rings (SSSR count). The minimum Gasteiger partial charge on any atom is -0.506 e. The second kappa shape index (κ2) is 4.67.